The van der Waals surface area contributed by atoms with Crippen molar-refractivity contribution in [3.05, 3.63) is 35.6 Å². The minimum Gasteiger partial charge on any atom is -0.376 e. The Labute approximate surface area is 108 Å². The number of ketones is 1. The normalized spacial score (nSPS) is 11.6. The van der Waals surface area contributed by atoms with Gasteiger partial charge in [0.25, 0.3) is 0 Å². The van der Waals surface area contributed by atoms with Gasteiger partial charge in [-0.3, -0.25) is 4.79 Å². The highest BCUT2D eigenvalue weighted by Crippen LogP contribution is 2.14. The number of halogens is 1. The van der Waals surface area contributed by atoms with Crippen molar-refractivity contribution in [2.75, 3.05) is 6.61 Å². The number of Topliss-reactive ketones (excluding diaryl/α,β-unsaturated/α-hetero) is 1. The van der Waals surface area contributed by atoms with Crippen LogP contribution < -0.4 is 0 Å². The molecule has 0 aromatic heterocycles. The molecule has 0 heterocycles. The summed E-state index contributed by atoms with van der Waals surface area (Å²) in [5, 5.41) is 0. The number of carbonyl (C=O) groups is 1. The third-order valence-corrected chi connectivity index (χ3v) is 3.06. The average molecular weight is 252 g/mol. The number of benzene rings is 1. The zero-order chi connectivity index (χ0) is 13.6. The predicted octanol–water partition coefficient (Wildman–Crippen LogP) is 3.99. The molecule has 0 spiro atoms. The standard InChI is InChI=1S/C15H21FO2/c1-4-15(2,3)18-11-5-6-14(17)12-7-9-13(16)10-8-12/h7-10H,4-6,11H2,1-3H3. The summed E-state index contributed by atoms with van der Waals surface area (Å²) in [5.41, 5.74) is 0.435. The molecule has 2 nitrogen and oxygen atoms in total. The Morgan fingerprint density at radius 2 is 1.89 bits per heavy atom. The van der Waals surface area contributed by atoms with E-state index in [0.29, 0.717) is 25.0 Å². The van der Waals surface area contributed by atoms with Crippen LogP contribution in [0.25, 0.3) is 0 Å². The molecule has 0 fully saturated rings. The van der Waals surface area contributed by atoms with Crippen molar-refractivity contribution >= 4 is 5.78 Å². The Balaban J connectivity index is 2.32. The molecule has 0 atom stereocenters. The molecule has 0 radical (unpaired) electrons. The van der Waals surface area contributed by atoms with Gasteiger partial charge in [0.15, 0.2) is 5.78 Å². The molecule has 100 valence electrons. The van der Waals surface area contributed by atoms with E-state index in [4.69, 9.17) is 4.74 Å². The van der Waals surface area contributed by atoms with Gasteiger partial charge in [0.2, 0.25) is 0 Å². The number of hydrogen-bond acceptors (Lipinski definition) is 2. The van der Waals surface area contributed by atoms with Crippen molar-refractivity contribution in [2.45, 2.75) is 45.6 Å². The van der Waals surface area contributed by atoms with Crippen LogP contribution in [0.5, 0.6) is 0 Å². The molecule has 0 bridgehead atoms. The molecule has 1 aromatic carbocycles. The third kappa shape index (κ3) is 4.96. The lowest BCUT2D eigenvalue weighted by Gasteiger charge is -2.23. The summed E-state index contributed by atoms with van der Waals surface area (Å²) in [7, 11) is 0. The van der Waals surface area contributed by atoms with Crippen molar-refractivity contribution in [1.29, 1.82) is 0 Å². The molecule has 0 saturated carbocycles. The van der Waals surface area contributed by atoms with Gasteiger partial charge >= 0.3 is 0 Å². The second kappa shape index (κ2) is 6.64. The number of carbonyl (C=O) groups excluding carboxylic acids is 1. The lowest BCUT2D eigenvalue weighted by atomic mass is 10.1. The second-order valence-corrected chi connectivity index (χ2v) is 5.00. The molecular formula is C15H21FO2. The zero-order valence-electron chi connectivity index (χ0n) is 11.3. The largest absolute Gasteiger partial charge is 0.376 e. The van der Waals surface area contributed by atoms with Gasteiger partial charge in [-0.15, -0.1) is 0 Å². The van der Waals surface area contributed by atoms with Crippen molar-refractivity contribution in [3.8, 4) is 0 Å². The fraction of sp³-hybridized carbons (Fsp3) is 0.533. The average Bonchev–Trinajstić information content (AvgIpc) is 2.35. The van der Waals surface area contributed by atoms with E-state index in [1.165, 1.54) is 24.3 Å². The third-order valence-electron chi connectivity index (χ3n) is 3.06. The van der Waals surface area contributed by atoms with Crippen molar-refractivity contribution < 1.29 is 13.9 Å². The Morgan fingerprint density at radius 3 is 2.44 bits per heavy atom. The molecule has 0 saturated heterocycles. The number of rotatable bonds is 7. The summed E-state index contributed by atoms with van der Waals surface area (Å²) in [5.74, 6) is -0.285. The van der Waals surface area contributed by atoms with E-state index in [2.05, 4.69) is 6.92 Å². The van der Waals surface area contributed by atoms with E-state index >= 15 is 0 Å². The van der Waals surface area contributed by atoms with E-state index in [9.17, 15) is 9.18 Å². The van der Waals surface area contributed by atoms with Gasteiger partial charge in [0.1, 0.15) is 5.82 Å². The molecule has 1 rings (SSSR count). The van der Waals surface area contributed by atoms with Crippen LogP contribution in [-0.2, 0) is 4.74 Å². The first-order chi connectivity index (χ1) is 8.44. The van der Waals surface area contributed by atoms with Crippen LogP contribution in [0.4, 0.5) is 4.39 Å². The molecule has 3 heteroatoms. The van der Waals surface area contributed by atoms with Gasteiger partial charge in [0.05, 0.1) is 5.60 Å². The lowest BCUT2D eigenvalue weighted by Crippen LogP contribution is -2.23. The molecule has 1 aromatic rings. The monoisotopic (exact) mass is 252 g/mol. The molecule has 0 aliphatic heterocycles. The maximum atomic E-state index is 12.7. The van der Waals surface area contributed by atoms with E-state index in [1.54, 1.807) is 0 Å². The smallest absolute Gasteiger partial charge is 0.162 e. The Morgan fingerprint density at radius 1 is 1.28 bits per heavy atom. The van der Waals surface area contributed by atoms with Crippen LogP contribution in [-0.4, -0.2) is 18.0 Å². The van der Waals surface area contributed by atoms with Crippen LogP contribution in [0.2, 0.25) is 0 Å². The summed E-state index contributed by atoms with van der Waals surface area (Å²) in [6.07, 6.45) is 2.07. The van der Waals surface area contributed by atoms with E-state index < -0.39 is 0 Å². The number of ether oxygens (including phenoxy) is 1. The molecule has 0 aliphatic carbocycles. The minimum atomic E-state index is -0.320. The fourth-order valence-electron chi connectivity index (χ4n) is 1.46. The van der Waals surface area contributed by atoms with E-state index in [0.717, 1.165) is 6.42 Å². The van der Waals surface area contributed by atoms with E-state index in [-0.39, 0.29) is 17.2 Å². The molecule has 18 heavy (non-hydrogen) atoms. The maximum absolute atomic E-state index is 12.7. The fourth-order valence-corrected chi connectivity index (χ4v) is 1.46. The molecule has 0 amide bonds. The van der Waals surface area contributed by atoms with Gasteiger partial charge in [-0.2, -0.15) is 0 Å². The van der Waals surface area contributed by atoms with Gasteiger partial charge in [-0.25, -0.2) is 4.39 Å². The first-order valence-electron chi connectivity index (χ1n) is 6.37. The van der Waals surface area contributed by atoms with Gasteiger partial charge < -0.3 is 4.74 Å². The highest BCUT2D eigenvalue weighted by Gasteiger charge is 2.15. The van der Waals surface area contributed by atoms with Gasteiger partial charge in [-0.05, 0) is 51.0 Å². The SMILES string of the molecule is CCC(C)(C)OCCCC(=O)c1ccc(F)cc1. The maximum Gasteiger partial charge on any atom is 0.162 e. The quantitative estimate of drug-likeness (QED) is 0.541. The predicted molar refractivity (Wildman–Crippen MR) is 70.3 cm³/mol. The highest BCUT2D eigenvalue weighted by molar-refractivity contribution is 5.95. The molecule has 0 unspecified atom stereocenters. The summed E-state index contributed by atoms with van der Waals surface area (Å²) in [6, 6.07) is 5.66. The van der Waals surface area contributed by atoms with Crippen molar-refractivity contribution in [2.24, 2.45) is 0 Å². The minimum absolute atomic E-state index is 0.0351. The molecule has 0 N–H and O–H groups in total. The summed E-state index contributed by atoms with van der Waals surface area (Å²) < 4.78 is 18.4. The summed E-state index contributed by atoms with van der Waals surface area (Å²) in [6.45, 7) is 6.72. The first-order valence-corrected chi connectivity index (χ1v) is 6.37. The second-order valence-electron chi connectivity index (χ2n) is 5.00. The Hall–Kier alpha value is -1.22. The van der Waals surface area contributed by atoms with Crippen LogP contribution in [0.15, 0.2) is 24.3 Å². The van der Waals surface area contributed by atoms with Crippen LogP contribution in [0, 0.1) is 5.82 Å². The van der Waals surface area contributed by atoms with Crippen LogP contribution in [0.1, 0.15) is 50.4 Å². The van der Waals surface area contributed by atoms with Crippen molar-refractivity contribution in [1.82, 2.24) is 0 Å². The molecule has 0 aliphatic rings. The highest BCUT2D eigenvalue weighted by atomic mass is 19.1. The Kier molecular flexibility index (Phi) is 5.48. The molecular weight excluding hydrogens is 231 g/mol. The van der Waals surface area contributed by atoms with Crippen LogP contribution >= 0.6 is 0 Å². The summed E-state index contributed by atoms with van der Waals surface area (Å²) >= 11 is 0. The van der Waals surface area contributed by atoms with Gasteiger partial charge in [-0.1, -0.05) is 6.92 Å². The lowest BCUT2D eigenvalue weighted by molar-refractivity contribution is -0.0211. The Bertz CT molecular complexity index is 382. The summed E-state index contributed by atoms with van der Waals surface area (Å²) in [4.78, 5) is 11.8. The van der Waals surface area contributed by atoms with Crippen LogP contribution in [0.3, 0.4) is 0 Å². The topological polar surface area (TPSA) is 26.3 Å². The van der Waals surface area contributed by atoms with Crippen molar-refractivity contribution in [3.63, 3.8) is 0 Å². The first kappa shape index (κ1) is 14.8. The zero-order valence-corrected chi connectivity index (χ0v) is 11.3. The van der Waals surface area contributed by atoms with E-state index in [1.807, 2.05) is 13.8 Å². The van der Waals surface area contributed by atoms with Gasteiger partial charge in [0, 0.05) is 18.6 Å². The number of hydrogen-bond donors (Lipinski definition) is 0.